The van der Waals surface area contributed by atoms with Gasteiger partial charge in [-0.1, -0.05) is 72.8 Å². The van der Waals surface area contributed by atoms with Gasteiger partial charge in [0.15, 0.2) is 0 Å². The van der Waals surface area contributed by atoms with Crippen molar-refractivity contribution in [1.82, 2.24) is 15.0 Å². The van der Waals surface area contributed by atoms with E-state index in [1.54, 1.807) is 0 Å². The summed E-state index contributed by atoms with van der Waals surface area (Å²) in [6.45, 7) is 0. The molecule has 3 aromatic carbocycles. The highest BCUT2D eigenvalue weighted by Crippen LogP contribution is 2.34. The summed E-state index contributed by atoms with van der Waals surface area (Å²) in [5.74, 6) is 0. The fourth-order valence-corrected chi connectivity index (χ4v) is 4.25. The minimum atomic E-state index is -1.11. The first-order valence-corrected chi connectivity index (χ1v) is 10.6. The number of rotatable bonds is 3. The van der Waals surface area contributed by atoms with Gasteiger partial charge >= 0.3 is 0 Å². The zero-order valence-electron chi connectivity index (χ0n) is 17.3. The molecule has 0 spiro atoms. The molecular weight excluding hydrogens is 392 g/mol. The van der Waals surface area contributed by atoms with Crippen molar-refractivity contribution in [1.29, 1.82) is 0 Å². The highest BCUT2D eigenvalue weighted by atomic mass is 14.9. The van der Waals surface area contributed by atoms with Gasteiger partial charge in [-0.05, 0) is 36.4 Å². The van der Waals surface area contributed by atoms with Gasteiger partial charge in [0.2, 0.25) is 0 Å². The molecular formula is C28H20N4. The Morgan fingerprint density at radius 3 is 1.06 bits per heavy atom. The highest BCUT2D eigenvalue weighted by molar-refractivity contribution is 5.81. The first kappa shape index (κ1) is 18.6. The van der Waals surface area contributed by atoms with Crippen LogP contribution in [0.5, 0.6) is 0 Å². The second-order valence-corrected chi connectivity index (χ2v) is 7.98. The van der Waals surface area contributed by atoms with Gasteiger partial charge in [0.1, 0.15) is 5.54 Å². The third kappa shape index (κ3) is 2.93. The van der Waals surface area contributed by atoms with Crippen LogP contribution in [0.15, 0.2) is 109 Å². The van der Waals surface area contributed by atoms with Gasteiger partial charge in [0.05, 0.1) is 33.6 Å². The lowest BCUT2D eigenvalue weighted by molar-refractivity contribution is 0.595. The molecule has 0 radical (unpaired) electrons. The topological polar surface area (TPSA) is 64.7 Å². The standard InChI is InChI=1S/C28H20N4/c29-28(25-16-13-19-7-1-4-10-22(19)30-25,26-17-14-20-8-2-5-11-23(20)31-26)27-18-15-21-9-3-6-12-24(21)32-27/h1-18H,29H2. The van der Waals surface area contributed by atoms with E-state index in [-0.39, 0.29) is 0 Å². The van der Waals surface area contributed by atoms with Gasteiger partial charge < -0.3 is 5.73 Å². The summed E-state index contributed by atoms with van der Waals surface area (Å²) in [4.78, 5) is 14.9. The summed E-state index contributed by atoms with van der Waals surface area (Å²) in [6, 6.07) is 36.3. The van der Waals surface area contributed by atoms with Crippen molar-refractivity contribution in [2.75, 3.05) is 0 Å². The van der Waals surface area contributed by atoms with Gasteiger partial charge in [-0.25, -0.2) is 15.0 Å². The quantitative estimate of drug-likeness (QED) is 0.412. The van der Waals surface area contributed by atoms with E-state index in [0.717, 1.165) is 32.7 Å². The summed E-state index contributed by atoms with van der Waals surface area (Å²) >= 11 is 0. The van der Waals surface area contributed by atoms with Gasteiger partial charge in [-0.3, -0.25) is 0 Å². The number of nitrogens with two attached hydrogens (primary N) is 1. The van der Waals surface area contributed by atoms with Crippen LogP contribution < -0.4 is 5.73 Å². The minimum Gasteiger partial charge on any atom is -0.310 e. The van der Waals surface area contributed by atoms with Crippen molar-refractivity contribution < 1.29 is 0 Å². The number of para-hydroxylation sites is 3. The van der Waals surface area contributed by atoms with Crippen LogP contribution in [0.2, 0.25) is 0 Å². The average molecular weight is 412 g/mol. The van der Waals surface area contributed by atoms with Crippen molar-refractivity contribution in [2.24, 2.45) is 5.73 Å². The van der Waals surface area contributed by atoms with E-state index in [1.165, 1.54) is 0 Å². The molecule has 152 valence electrons. The molecule has 3 heterocycles. The number of benzene rings is 3. The smallest absolute Gasteiger partial charge is 0.144 e. The second-order valence-electron chi connectivity index (χ2n) is 7.98. The molecule has 4 nitrogen and oxygen atoms in total. The number of hydrogen-bond acceptors (Lipinski definition) is 4. The molecule has 6 rings (SSSR count). The van der Waals surface area contributed by atoms with Gasteiger partial charge in [-0.15, -0.1) is 0 Å². The summed E-state index contributed by atoms with van der Waals surface area (Å²) in [5.41, 5.74) is 10.9. The van der Waals surface area contributed by atoms with Crippen LogP contribution >= 0.6 is 0 Å². The second kappa shape index (κ2) is 7.22. The van der Waals surface area contributed by atoms with Crippen molar-refractivity contribution in [3.8, 4) is 0 Å². The van der Waals surface area contributed by atoms with Crippen LogP contribution in [0.25, 0.3) is 32.7 Å². The first-order chi connectivity index (χ1) is 15.7. The number of aromatic nitrogens is 3. The third-order valence-electron chi connectivity index (χ3n) is 6.01. The van der Waals surface area contributed by atoms with Crippen LogP contribution in [-0.2, 0) is 5.54 Å². The average Bonchev–Trinajstić information content (AvgIpc) is 2.87. The minimum absolute atomic E-state index is 0.710. The van der Waals surface area contributed by atoms with E-state index in [0.29, 0.717) is 17.1 Å². The van der Waals surface area contributed by atoms with Crippen LogP contribution in [0, 0.1) is 0 Å². The number of hydrogen-bond donors (Lipinski definition) is 1. The van der Waals surface area contributed by atoms with E-state index < -0.39 is 5.54 Å². The normalized spacial score (nSPS) is 11.9. The molecule has 0 aliphatic rings. The lowest BCUT2D eigenvalue weighted by Gasteiger charge is -2.29. The lowest BCUT2D eigenvalue weighted by atomic mass is 9.86. The molecule has 0 amide bonds. The molecule has 0 bridgehead atoms. The van der Waals surface area contributed by atoms with E-state index in [9.17, 15) is 0 Å². The molecule has 3 aromatic heterocycles. The van der Waals surface area contributed by atoms with Crippen LogP contribution in [0.4, 0.5) is 0 Å². The molecule has 2 N–H and O–H groups in total. The molecule has 0 fully saturated rings. The Morgan fingerprint density at radius 2 is 0.719 bits per heavy atom. The van der Waals surface area contributed by atoms with Crippen molar-refractivity contribution in [3.05, 3.63) is 126 Å². The van der Waals surface area contributed by atoms with E-state index in [4.69, 9.17) is 20.7 Å². The van der Waals surface area contributed by atoms with E-state index in [1.807, 2.05) is 91.0 Å². The number of nitrogens with zero attached hydrogens (tertiary/aromatic N) is 3. The third-order valence-corrected chi connectivity index (χ3v) is 6.01. The van der Waals surface area contributed by atoms with Crippen LogP contribution in [0.3, 0.4) is 0 Å². The fourth-order valence-electron chi connectivity index (χ4n) is 4.25. The number of pyridine rings is 3. The Bertz CT molecular complexity index is 1410. The van der Waals surface area contributed by atoms with Gasteiger partial charge in [-0.2, -0.15) is 0 Å². The Hall–Kier alpha value is -4.15. The van der Waals surface area contributed by atoms with Crippen LogP contribution in [-0.4, -0.2) is 15.0 Å². The summed E-state index contributed by atoms with van der Waals surface area (Å²) in [6.07, 6.45) is 0. The molecule has 0 saturated carbocycles. The Labute approximate surface area is 185 Å². The molecule has 4 heteroatoms. The Kier molecular flexibility index (Phi) is 4.20. The summed E-state index contributed by atoms with van der Waals surface area (Å²) in [7, 11) is 0. The molecule has 0 unspecified atom stereocenters. The van der Waals surface area contributed by atoms with E-state index >= 15 is 0 Å². The van der Waals surface area contributed by atoms with E-state index in [2.05, 4.69) is 18.2 Å². The summed E-state index contributed by atoms with van der Waals surface area (Å²) in [5, 5.41) is 3.20. The maximum atomic E-state index is 7.25. The maximum Gasteiger partial charge on any atom is 0.144 e. The zero-order chi connectivity index (χ0) is 21.5. The lowest BCUT2D eigenvalue weighted by Crippen LogP contribution is -2.41. The van der Waals surface area contributed by atoms with Gasteiger partial charge in [0, 0.05) is 16.2 Å². The molecule has 0 atom stereocenters. The first-order valence-electron chi connectivity index (χ1n) is 10.6. The Morgan fingerprint density at radius 1 is 0.406 bits per heavy atom. The number of fused-ring (bicyclic) bond motifs is 3. The molecule has 0 aliphatic carbocycles. The SMILES string of the molecule is NC(c1ccc2ccccc2n1)(c1ccc2ccccc2n1)c1ccc2ccccc2n1. The molecule has 0 aliphatic heterocycles. The molecule has 0 saturated heterocycles. The van der Waals surface area contributed by atoms with Gasteiger partial charge in [0.25, 0.3) is 0 Å². The fraction of sp³-hybridized carbons (Fsp3) is 0.0357. The highest BCUT2D eigenvalue weighted by Gasteiger charge is 2.37. The summed E-state index contributed by atoms with van der Waals surface area (Å²) < 4.78 is 0. The van der Waals surface area contributed by atoms with Crippen molar-refractivity contribution >= 4 is 32.7 Å². The van der Waals surface area contributed by atoms with Crippen LogP contribution in [0.1, 0.15) is 17.1 Å². The Balaban J connectivity index is 1.65. The predicted molar refractivity (Wildman–Crippen MR) is 129 cm³/mol. The largest absolute Gasteiger partial charge is 0.310 e. The zero-order valence-corrected chi connectivity index (χ0v) is 17.3. The molecule has 6 aromatic rings. The monoisotopic (exact) mass is 412 g/mol. The van der Waals surface area contributed by atoms with Crippen molar-refractivity contribution in [3.63, 3.8) is 0 Å². The maximum absolute atomic E-state index is 7.25. The predicted octanol–water partition coefficient (Wildman–Crippen LogP) is 5.58. The molecule has 32 heavy (non-hydrogen) atoms. The van der Waals surface area contributed by atoms with Crippen molar-refractivity contribution in [2.45, 2.75) is 5.54 Å².